The molecule has 0 bridgehead atoms. The Balaban J connectivity index is 1.85. The van der Waals surface area contributed by atoms with Gasteiger partial charge in [-0.1, -0.05) is 59.1 Å². The summed E-state index contributed by atoms with van der Waals surface area (Å²) in [5.74, 6) is 1.62. The number of nitrogens with zero attached hydrogens (tertiary/aromatic N) is 2. The topological polar surface area (TPSA) is 35.0 Å². The Bertz CT molecular complexity index is 1180. The molecule has 7 heteroatoms. The second-order valence-electron chi connectivity index (χ2n) is 6.74. The van der Waals surface area contributed by atoms with Gasteiger partial charge in [-0.15, -0.1) is 0 Å². The number of benzene rings is 3. The normalized spacial score (nSPS) is 10.8. The largest absolute Gasteiger partial charge is 0.489 e. The molecule has 4 rings (SSSR count). The van der Waals surface area contributed by atoms with Crippen molar-refractivity contribution in [3.8, 4) is 28.3 Å². The molecule has 0 spiro atoms. The Hall–Kier alpha value is -2.24. The van der Waals surface area contributed by atoms with Gasteiger partial charge < -0.3 is 4.74 Å². The summed E-state index contributed by atoms with van der Waals surface area (Å²) in [6, 6.07) is 18.7. The van der Waals surface area contributed by atoms with Crippen LogP contribution in [0, 0.1) is 0 Å². The monoisotopic (exact) mass is 486 g/mol. The molecular formula is C24H17Cl3N2OS. The van der Waals surface area contributed by atoms with E-state index < -0.39 is 0 Å². The zero-order chi connectivity index (χ0) is 21.8. The van der Waals surface area contributed by atoms with Gasteiger partial charge in [0.25, 0.3) is 0 Å². The lowest BCUT2D eigenvalue weighted by molar-refractivity contribution is 0.304. The van der Waals surface area contributed by atoms with Gasteiger partial charge in [0.1, 0.15) is 12.4 Å². The highest BCUT2D eigenvalue weighted by Crippen LogP contribution is 2.44. The highest BCUT2D eigenvalue weighted by molar-refractivity contribution is 7.79. The van der Waals surface area contributed by atoms with Crippen molar-refractivity contribution in [1.82, 2.24) is 9.97 Å². The summed E-state index contributed by atoms with van der Waals surface area (Å²) in [6.45, 7) is 0.370. The zero-order valence-corrected chi connectivity index (χ0v) is 19.4. The first-order valence-electron chi connectivity index (χ1n) is 9.43. The molecule has 3 aromatic carbocycles. The molecule has 4 aromatic rings. The third kappa shape index (κ3) is 4.99. The van der Waals surface area contributed by atoms with Crippen LogP contribution in [0.4, 0.5) is 0 Å². The summed E-state index contributed by atoms with van der Waals surface area (Å²) in [5.41, 5.74) is 4.29. The van der Waals surface area contributed by atoms with E-state index in [9.17, 15) is 0 Å². The fraction of sp³-hybridized carbons (Fsp3) is 0.0833. The lowest BCUT2D eigenvalue weighted by atomic mass is 9.96. The molecule has 0 atom stereocenters. The average Bonchev–Trinajstić information content (AvgIpc) is 2.80. The van der Waals surface area contributed by atoms with Gasteiger partial charge in [0.15, 0.2) is 5.82 Å². The molecule has 1 heterocycles. The first-order valence-corrected chi connectivity index (χ1v) is 11.2. The molecule has 0 fully saturated rings. The van der Waals surface area contributed by atoms with Crippen molar-refractivity contribution in [3.05, 3.63) is 99.3 Å². The summed E-state index contributed by atoms with van der Waals surface area (Å²) in [6.07, 6.45) is 3.36. The van der Waals surface area contributed by atoms with E-state index in [1.807, 2.05) is 54.6 Å². The Labute approximate surface area is 201 Å². The maximum absolute atomic E-state index is 6.89. The van der Waals surface area contributed by atoms with E-state index in [1.165, 1.54) is 0 Å². The number of thiol groups is 1. The lowest BCUT2D eigenvalue weighted by Gasteiger charge is -2.19. The minimum Gasteiger partial charge on any atom is -0.489 e. The molecule has 0 saturated heterocycles. The maximum Gasteiger partial charge on any atom is 0.160 e. The van der Waals surface area contributed by atoms with Crippen molar-refractivity contribution in [3.63, 3.8) is 0 Å². The second-order valence-corrected chi connectivity index (χ2v) is 8.31. The number of rotatable bonds is 6. The maximum atomic E-state index is 6.89. The van der Waals surface area contributed by atoms with Crippen LogP contribution in [-0.2, 0) is 12.4 Å². The van der Waals surface area contributed by atoms with E-state index >= 15 is 0 Å². The van der Waals surface area contributed by atoms with Gasteiger partial charge in [-0.2, -0.15) is 12.6 Å². The van der Waals surface area contributed by atoms with Gasteiger partial charge in [-0.25, -0.2) is 9.97 Å². The molecule has 0 saturated carbocycles. The van der Waals surface area contributed by atoms with Gasteiger partial charge >= 0.3 is 0 Å². The van der Waals surface area contributed by atoms with Crippen molar-refractivity contribution >= 4 is 47.4 Å². The Morgan fingerprint density at radius 2 is 1.45 bits per heavy atom. The third-order valence-electron chi connectivity index (χ3n) is 4.74. The van der Waals surface area contributed by atoms with Crippen molar-refractivity contribution in [2.24, 2.45) is 0 Å². The zero-order valence-electron chi connectivity index (χ0n) is 16.2. The van der Waals surface area contributed by atoms with E-state index in [0.29, 0.717) is 44.6 Å². The SMILES string of the molecule is SCc1c(OCc2ccc(Cl)cc2)cc(-c2ncccn2)c(Cl)c1-c1ccc(Cl)cc1. The van der Waals surface area contributed by atoms with Crippen LogP contribution in [-0.4, -0.2) is 9.97 Å². The molecule has 0 unspecified atom stereocenters. The Morgan fingerprint density at radius 1 is 0.839 bits per heavy atom. The second kappa shape index (κ2) is 9.92. The van der Waals surface area contributed by atoms with Gasteiger partial charge in [0, 0.05) is 44.9 Å². The Kier molecular flexibility index (Phi) is 7.03. The van der Waals surface area contributed by atoms with Gasteiger partial charge in [0.2, 0.25) is 0 Å². The first kappa shape index (κ1) is 22.0. The standard InChI is InChI=1S/C24H17Cl3N2OS/c25-17-6-2-15(3-7-17)13-30-21-12-19(24-28-10-1-11-29-24)23(27)22(20(21)14-31)16-4-8-18(26)9-5-16/h1-12,31H,13-14H2. The van der Waals surface area contributed by atoms with Crippen molar-refractivity contribution in [2.45, 2.75) is 12.4 Å². The van der Waals surface area contributed by atoms with Crippen LogP contribution in [0.2, 0.25) is 15.1 Å². The molecule has 0 aliphatic carbocycles. The summed E-state index contributed by atoms with van der Waals surface area (Å²) in [5, 5.41) is 1.87. The van der Waals surface area contributed by atoms with Gasteiger partial charge in [-0.05, 0) is 47.5 Å². The average molecular weight is 488 g/mol. The van der Waals surface area contributed by atoms with Crippen molar-refractivity contribution in [2.75, 3.05) is 0 Å². The lowest BCUT2D eigenvalue weighted by Crippen LogP contribution is -2.02. The number of hydrogen-bond acceptors (Lipinski definition) is 4. The molecule has 156 valence electrons. The van der Waals surface area contributed by atoms with Crippen LogP contribution in [0.1, 0.15) is 11.1 Å². The summed E-state index contributed by atoms with van der Waals surface area (Å²) in [4.78, 5) is 8.75. The number of aromatic nitrogens is 2. The molecule has 31 heavy (non-hydrogen) atoms. The van der Waals surface area contributed by atoms with Crippen LogP contribution in [0.15, 0.2) is 73.1 Å². The van der Waals surface area contributed by atoms with Crippen LogP contribution in [0.25, 0.3) is 22.5 Å². The number of halogens is 3. The molecule has 0 radical (unpaired) electrons. The van der Waals surface area contributed by atoms with E-state index in [0.717, 1.165) is 22.3 Å². The molecule has 0 aliphatic rings. The molecular weight excluding hydrogens is 471 g/mol. The van der Waals surface area contributed by atoms with Crippen molar-refractivity contribution in [1.29, 1.82) is 0 Å². The minimum atomic E-state index is 0.370. The first-order chi connectivity index (χ1) is 15.1. The smallest absolute Gasteiger partial charge is 0.160 e. The molecule has 3 nitrogen and oxygen atoms in total. The number of hydrogen-bond donors (Lipinski definition) is 1. The van der Waals surface area contributed by atoms with Crippen LogP contribution < -0.4 is 4.74 Å². The van der Waals surface area contributed by atoms with E-state index in [4.69, 9.17) is 39.5 Å². The van der Waals surface area contributed by atoms with Gasteiger partial charge in [-0.3, -0.25) is 0 Å². The Morgan fingerprint density at radius 3 is 2.06 bits per heavy atom. The third-order valence-corrected chi connectivity index (χ3v) is 5.95. The quantitative estimate of drug-likeness (QED) is 0.282. The predicted molar refractivity (Wildman–Crippen MR) is 131 cm³/mol. The fourth-order valence-corrected chi connectivity index (χ4v) is 4.15. The summed E-state index contributed by atoms with van der Waals surface area (Å²) in [7, 11) is 0. The molecule has 1 aromatic heterocycles. The molecule has 0 N–H and O–H groups in total. The van der Waals surface area contributed by atoms with Crippen LogP contribution >= 0.6 is 47.4 Å². The predicted octanol–water partition coefficient (Wildman–Crippen LogP) is 7.78. The minimum absolute atomic E-state index is 0.370. The van der Waals surface area contributed by atoms with Crippen molar-refractivity contribution < 1.29 is 4.74 Å². The van der Waals surface area contributed by atoms with Crippen LogP contribution in [0.5, 0.6) is 5.75 Å². The van der Waals surface area contributed by atoms with Crippen LogP contribution in [0.3, 0.4) is 0 Å². The van der Waals surface area contributed by atoms with E-state index in [2.05, 4.69) is 22.6 Å². The van der Waals surface area contributed by atoms with Gasteiger partial charge in [0.05, 0.1) is 5.02 Å². The fourth-order valence-electron chi connectivity index (χ4n) is 3.22. The molecule has 0 amide bonds. The highest BCUT2D eigenvalue weighted by Gasteiger charge is 2.21. The van der Waals surface area contributed by atoms with E-state index in [-0.39, 0.29) is 0 Å². The molecule has 0 aliphatic heterocycles. The number of ether oxygens (including phenoxy) is 1. The summed E-state index contributed by atoms with van der Waals surface area (Å²) < 4.78 is 6.22. The summed E-state index contributed by atoms with van der Waals surface area (Å²) >= 11 is 23.6. The van der Waals surface area contributed by atoms with E-state index in [1.54, 1.807) is 18.5 Å². The highest BCUT2D eigenvalue weighted by atomic mass is 35.5.